The second-order valence-electron chi connectivity index (χ2n) is 5.89. The van der Waals surface area contributed by atoms with Crippen molar-refractivity contribution in [3.8, 4) is 5.75 Å². The number of hydrogen-bond donors (Lipinski definition) is 2. The van der Waals surface area contributed by atoms with Crippen LogP contribution in [-0.4, -0.2) is 24.7 Å². The van der Waals surface area contributed by atoms with Gasteiger partial charge in [0.2, 0.25) is 5.91 Å². The minimum Gasteiger partial charge on any atom is -0.497 e. The molecule has 0 heterocycles. The molecule has 4 heteroatoms. The first-order valence-corrected chi connectivity index (χ1v) is 8.43. The molecule has 1 unspecified atom stereocenters. The topological polar surface area (TPSA) is 58.6 Å². The molecule has 2 aromatic rings. The van der Waals surface area contributed by atoms with E-state index >= 15 is 0 Å². The first-order chi connectivity index (χ1) is 12.1. The predicted octanol–water partition coefficient (Wildman–Crippen LogP) is 3.73. The van der Waals surface area contributed by atoms with Gasteiger partial charge in [-0.3, -0.25) is 4.79 Å². The fraction of sp³-hybridized carbons (Fsp3) is 0.286. The summed E-state index contributed by atoms with van der Waals surface area (Å²) in [6, 6.07) is 17.3. The summed E-state index contributed by atoms with van der Waals surface area (Å²) in [5.41, 5.74) is 2.90. The Morgan fingerprint density at radius 3 is 2.44 bits per heavy atom. The molecule has 0 bridgehead atoms. The number of benzene rings is 2. The quantitative estimate of drug-likeness (QED) is 0.721. The number of aliphatic hydroxyl groups excluding tert-OH is 1. The van der Waals surface area contributed by atoms with Crippen LogP contribution in [0.15, 0.2) is 60.7 Å². The number of allylic oxidation sites excluding steroid dienone is 1. The number of aliphatic hydroxyl groups is 1. The summed E-state index contributed by atoms with van der Waals surface area (Å²) in [6.07, 6.45) is 2.94. The number of hydrogen-bond acceptors (Lipinski definition) is 3. The van der Waals surface area contributed by atoms with E-state index in [9.17, 15) is 4.79 Å². The molecule has 0 radical (unpaired) electrons. The van der Waals surface area contributed by atoms with Crippen LogP contribution in [0.25, 0.3) is 5.57 Å². The van der Waals surface area contributed by atoms with Crippen molar-refractivity contribution in [2.24, 2.45) is 0 Å². The Balaban J connectivity index is 2.08. The normalized spacial score (nSPS) is 12.5. The smallest absolute Gasteiger partial charge is 0.244 e. The van der Waals surface area contributed by atoms with Crippen molar-refractivity contribution in [3.05, 3.63) is 71.8 Å². The Kier molecular flexibility index (Phi) is 7.23. The van der Waals surface area contributed by atoms with E-state index in [0.29, 0.717) is 12.8 Å². The largest absolute Gasteiger partial charge is 0.497 e. The van der Waals surface area contributed by atoms with E-state index in [1.165, 1.54) is 0 Å². The summed E-state index contributed by atoms with van der Waals surface area (Å²) in [6.45, 7) is 2.02. The zero-order chi connectivity index (χ0) is 18.1. The van der Waals surface area contributed by atoms with Gasteiger partial charge in [-0.2, -0.15) is 0 Å². The Hall–Kier alpha value is -2.59. The summed E-state index contributed by atoms with van der Waals surface area (Å²) in [4.78, 5) is 12.4. The minimum atomic E-state index is -0.139. The van der Waals surface area contributed by atoms with Gasteiger partial charge in [0.1, 0.15) is 5.75 Å². The summed E-state index contributed by atoms with van der Waals surface area (Å²) >= 11 is 0. The second kappa shape index (κ2) is 9.64. The molecule has 0 fully saturated rings. The van der Waals surface area contributed by atoms with Crippen molar-refractivity contribution in [2.75, 3.05) is 13.7 Å². The van der Waals surface area contributed by atoms with Gasteiger partial charge in [-0.25, -0.2) is 0 Å². The molecule has 2 N–H and O–H groups in total. The van der Waals surface area contributed by atoms with Gasteiger partial charge in [0.05, 0.1) is 13.2 Å². The second-order valence-corrected chi connectivity index (χ2v) is 5.89. The minimum absolute atomic E-state index is 0.110. The maximum absolute atomic E-state index is 12.4. The highest BCUT2D eigenvalue weighted by atomic mass is 16.5. The Morgan fingerprint density at radius 2 is 1.84 bits per heavy atom. The number of methoxy groups -OCH3 is 1. The van der Waals surface area contributed by atoms with Crippen LogP contribution in [-0.2, 0) is 4.79 Å². The molecular weight excluding hydrogens is 314 g/mol. The van der Waals surface area contributed by atoms with Gasteiger partial charge in [0, 0.05) is 12.7 Å². The summed E-state index contributed by atoms with van der Waals surface area (Å²) in [5, 5.41) is 12.1. The number of carbonyl (C=O) groups excluding carboxylic acids is 1. The van der Waals surface area contributed by atoms with Gasteiger partial charge in [-0.15, -0.1) is 0 Å². The number of ether oxygens (including phenoxy) is 1. The molecule has 2 rings (SSSR count). The van der Waals surface area contributed by atoms with Gasteiger partial charge in [-0.05, 0) is 48.6 Å². The summed E-state index contributed by atoms with van der Waals surface area (Å²) in [5.74, 6) is 0.647. The number of rotatable bonds is 8. The Bertz CT molecular complexity index is 693. The molecule has 1 atom stereocenters. The lowest BCUT2D eigenvalue weighted by molar-refractivity contribution is -0.117. The summed E-state index contributed by atoms with van der Waals surface area (Å²) < 4.78 is 5.15. The zero-order valence-electron chi connectivity index (χ0n) is 14.7. The van der Waals surface area contributed by atoms with E-state index in [0.717, 1.165) is 22.4 Å². The molecule has 4 nitrogen and oxygen atoms in total. The molecule has 0 aliphatic carbocycles. The van der Waals surface area contributed by atoms with Crippen LogP contribution in [0.4, 0.5) is 0 Å². The third kappa shape index (κ3) is 5.76. The zero-order valence-corrected chi connectivity index (χ0v) is 14.7. The van der Waals surface area contributed by atoms with Gasteiger partial charge < -0.3 is 15.2 Å². The molecular formula is C21H25NO3. The van der Waals surface area contributed by atoms with Gasteiger partial charge >= 0.3 is 0 Å². The van der Waals surface area contributed by atoms with Crippen LogP contribution in [0.2, 0.25) is 0 Å². The molecule has 0 saturated carbocycles. The van der Waals surface area contributed by atoms with E-state index in [4.69, 9.17) is 9.84 Å². The number of nitrogens with one attached hydrogen (secondary N) is 1. The van der Waals surface area contributed by atoms with Crippen LogP contribution in [0, 0.1) is 0 Å². The first-order valence-electron chi connectivity index (χ1n) is 8.43. The van der Waals surface area contributed by atoms with Crippen LogP contribution in [0.5, 0.6) is 5.75 Å². The first kappa shape index (κ1) is 18.7. The highest BCUT2D eigenvalue weighted by Crippen LogP contribution is 2.20. The molecule has 0 saturated heterocycles. The molecule has 0 spiro atoms. The maximum atomic E-state index is 12.4. The molecule has 0 aliphatic heterocycles. The van der Waals surface area contributed by atoms with Gasteiger partial charge in [-0.1, -0.05) is 42.5 Å². The van der Waals surface area contributed by atoms with Crippen LogP contribution in [0.1, 0.15) is 36.9 Å². The van der Waals surface area contributed by atoms with E-state index in [1.54, 1.807) is 13.2 Å². The predicted molar refractivity (Wildman–Crippen MR) is 100 cm³/mol. The molecule has 25 heavy (non-hydrogen) atoms. The van der Waals surface area contributed by atoms with Gasteiger partial charge in [0.15, 0.2) is 0 Å². The highest BCUT2D eigenvalue weighted by Gasteiger charge is 2.13. The maximum Gasteiger partial charge on any atom is 0.244 e. The van der Waals surface area contributed by atoms with E-state index < -0.39 is 0 Å². The third-order valence-electron chi connectivity index (χ3n) is 4.06. The Morgan fingerprint density at radius 1 is 1.16 bits per heavy atom. The fourth-order valence-electron chi connectivity index (χ4n) is 2.65. The number of amides is 1. The SMILES string of the molecule is COc1ccc(/C(C)=C/C(=O)NC(CCCO)c2ccccc2)cc1. The molecule has 0 aromatic heterocycles. The van der Waals surface area contributed by atoms with Crippen molar-refractivity contribution in [1.82, 2.24) is 5.32 Å². The van der Waals surface area contributed by atoms with Crippen LogP contribution >= 0.6 is 0 Å². The van der Waals surface area contributed by atoms with E-state index in [-0.39, 0.29) is 18.6 Å². The fourth-order valence-corrected chi connectivity index (χ4v) is 2.65. The lowest BCUT2D eigenvalue weighted by Gasteiger charge is -2.18. The highest BCUT2D eigenvalue weighted by molar-refractivity contribution is 5.95. The Labute approximate surface area is 149 Å². The summed E-state index contributed by atoms with van der Waals surface area (Å²) in [7, 11) is 1.63. The molecule has 1 amide bonds. The van der Waals surface area contributed by atoms with Crippen LogP contribution < -0.4 is 10.1 Å². The third-order valence-corrected chi connectivity index (χ3v) is 4.06. The van der Waals surface area contributed by atoms with Crippen LogP contribution in [0.3, 0.4) is 0 Å². The molecule has 132 valence electrons. The molecule has 0 aliphatic rings. The van der Waals surface area contributed by atoms with Crippen molar-refractivity contribution in [3.63, 3.8) is 0 Å². The average molecular weight is 339 g/mol. The van der Waals surface area contributed by atoms with Crippen molar-refractivity contribution >= 4 is 11.5 Å². The van der Waals surface area contributed by atoms with E-state index in [1.807, 2.05) is 61.5 Å². The lowest BCUT2D eigenvalue weighted by Crippen LogP contribution is -2.27. The monoisotopic (exact) mass is 339 g/mol. The van der Waals surface area contributed by atoms with Crippen molar-refractivity contribution < 1.29 is 14.6 Å². The lowest BCUT2D eigenvalue weighted by atomic mass is 10.0. The van der Waals surface area contributed by atoms with E-state index in [2.05, 4.69) is 5.32 Å². The molecule has 2 aromatic carbocycles. The van der Waals surface area contributed by atoms with Crippen molar-refractivity contribution in [1.29, 1.82) is 0 Å². The van der Waals surface area contributed by atoms with Gasteiger partial charge in [0.25, 0.3) is 0 Å². The standard InChI is InChI=1S/C21H25NO3/c1-16(17-10-12-19(25-2)13-11-17)15-21(24)22-20(9-6-14-23)18-7-4-3-5-8-18/h3-5,7-8,10-13,15,20,23H,6,9,14H2,1-2H3,(H,22,24)/b16-15+. The average Bonchev–Trinajstić information content (AvgIpc) is 2.65. The number of carbonyl (C=O) groups is 1. The van der Waals surface area contributed by atoms with Crippen molar-refractivity contribution in [2.45, 2.75) is 25.8 Å².